The van der Waals surface area contributed by atoms with Gasteiger partial charge in [0.05, 0.1) is 23.9 Å². The van der Waals surface area contributed by atoms with Crippen molar-refractivity contribution in [1.29, 1.82) is 0 Å². The number of aliphatic hydroxyl groups is 3. The summed E-state index contributed by atoms with van der Waals surface area (Å²) >= 11 is 2.13. The van der Waals surface area contributed by atoms with E-state index in [2.05, 4.69) is 33.2 Å². The Morgan fingerprint density at radius 3 is 2.41 bits per heavy atom. The van der Waals surface area contributed by atoms with Crippen molar-refractivity contribution in [3.8, 4) is 11.5 Å². The number of carbonyl (C=O) groups excluding carboxylic acids is 1. The molecule has 3 atom stereocenters. The number of benzene rings is 1. The van der Waals surface area contributed by atoms with Crippen molar-refractivity contribution in [1.82, 2.24) is 10.6 Å². The number of rotatable bonds is 10. The number of hydrogen-bond acceptors (Lipinski definition) is 7. The molecular formula is C28H39IN2O6. The third-order valence-electron chi connectivity index (χ3n) is 8.87. The van der Waals surface area contributed by atoms with Gasteiger partial charge in [-0.15, -0.1) is 0 Å². The third-order valence-corrected chi connectivity index (χ3v) is 9.67. The van der Waals surface area contributed by atoms with Crippen LogP contribution >= 0.6 is 22.6 Å². The standard InChI is InChI=1S/C28H39IN2O6/c1-36-24-8-19(14-33)7-21(29)26(24)37-23-10-20(27(35)30-2-3-32)9-22(25(23)34)31-15-28-11-16-4-17(12-28)6-18(5-16)13-28/h7-8,10,16-18,22-23,25,31-34H,2-6,9,11-15H2,1H3,(H,30,35). The molecule has 8 nitrogen and oxygen atoms in total. The maximum absolute atomic E-state index is 12.9. The predicted octanol–water partition coefficient (Wildman–Crippen LogP) is 2.51. The van der Waals surface area contributed by atoms with Crippen molar-refractivity contribution in [3.05, 3.63) is 32.9 Å². The number of halogens is 1. The second kappa shape index (κ2) is 11.4. The summed E-state index contributed by atoms with van der Waals surface area (Å²) in [4.78, 5) is 12.9. The minimum absolute atomic E-state index is 0.121. The van der Waals surface area contributed by atoms with Crippen LogP contribution in [0.4, 0.5) is 0 Å². The molecule has 0 spiro atoms. The molecular weight excluding hydrogens is 587 g/mol. The maximum atomic E-state index is 12.9. The average Bonchev–Trinajstić information content (AvgIpc) is 2.87. The lowest BCUT2D eigenvalue weighted by Gasteiger charge is -2.57. The molecule has 0 aromatic heterocycles. The SMILES string of the molecule is COc1cc(CO)cc(I)c1OC1C=C(C(=O)NCCO)CC(NCC23CC4CC(CC(C4)C2)C3)C1O. The maximum Gasteiger partial charge on any atom is 0.247 e. The Morgan fingerprint density at radius 1 is 1.14 bits per heavy atom. The molecule has 5 aliphatic carbocycles. The molecule has 1 aromatic carbocycles. The lowest BCUT2D eigenvalue weighted by Crippen LogP contribution is -2.56. The lowest BCUT2D eigenvalue weighted by atomic mass is 9.49. The third kappa shape index (κ3) is 5.80. The molecule has 4 saturated carbocycles. The van der Waals surface area contributed by atoms with Crippen LogP contribution < -0.4 is 20.1 Å². The number of aliphatic hydroxyl groups excluding tert-OH is 3. The normalized spacial score (nSPS) is 34.2. The van der Waals surface area contributed by atoms with Gasteiger partial charge in [0.2, 0.25) is 5.91 Å². The molecule has 9 heteroatoms. The Bertz CT molecular complexity index is 995. The van der Waals surface area contributed by atoms with Gasteiger partial charge in [-0.1, -0.05) is 0 Å². The zero-order chi connectivity index (χ0) is 26.2. The van der Waals surface area contributed by atoms with Gasteiger partial charge in [0.15, 0.2) is 11.5 Å². The van der Waals surface area contributed by atoms with Gasteiger partial charge in [0.1, 0.15) is 12.2 Å². The van der Waals surface area contributed by atoms with Gasteiger partial charge < -0.3 is 35.4 Å². The first-order valence-electron chi connectivity index (χ1n) is 13.5. The quantitative estimate of drug-likeness (QED) is 0.253. The first-order valence-corrected chi connectivity index (χ1v) is 14.6. The van der Waals surface area contributed by atoms with E-state index in [1.807, 2.05) is 6.07 Å². The summed E-state index contributed by atoms with van der Waals surface area (Å²) in [5.41, 5.74) is 1.53. The van der Waals surface area contributed by atoms with Crippen LogP contribution in [0.5, 0.6) is 11.5 Å². The summed E-state index contributed by atoms with van der Waals surface area (Å²) < 4.78 is 12.6. The summed E-state index contributed by atoms with van der Waals surface area (Å²) in [7, 11) is 1.54. The van der Waals surface area contributed by atoms with Crippen molar-refractivity contribution in [2.24, 2.45) is 23.2 Å². The molecule has 1 aromatic rings. The Balaban J connectivity index is 1.36. The van der Waals surface area contributed by atoms with Crippen LogP contribution in [-0.4, -0.2) is 66.3 Å². The molecule has 5 N–H and O–H groups in total. The van der Waals surface area contributed by atoms with Crippen molar-refractivity contribution in [2.45, 2.75) is 69.8 Å². The molecule has 4 bridgehead atoms. The Hall–Kier alpha value is -1.40. The Morgan fingerprint density at radius 2 is 1.81 bits per heavy atom. The molecule has 0 heterocycles. The highest BCUT2D eigenvalue weighted by molar-refractivity contribution is 14.1. The van der Waals surface area contributed by atoms with E-state index >= 15 is 0 Å². The second-order valence-electron chi connectivity index (χ2n) is 11.6. The van der Waals surface area contributed by atoms with E-state index in [0.717, 1.165) is 27.9 Å². The van der Waals surface area contributed by atoms with Gasteiger partial charge in [-0.25, -0.2) is 0 Å². The molecule has 1 amide bonds. The summed E-state index contributed by atoms with van der Waals surface area (Å²) in [6.45, 7) is 0.762. The van der Waals surface area contributed by atoms with Gasteiger partial charge in [-0.3, -0.25) is 4.79 Å². The van der Waals surface area contributed by atoms with E-state index in [-0.39, 0.29) is 31.7 Å². The summed E-state index contributed by atoms with van der Waals surface area (Å²) in [6.07, 6.45) is 8.40. The Kier molecular flexibility index (Phi) is 8.36. The summed E-state index contributed by atoms with van der Waals surface area (Å²) in [5, 5.41) is 36.6. The monoisotopic (exact) mass is 626 g/mol. The number of hydrogen-bond donors (Lipinski definition) is 5. The predicted molar refractivity (Wildman–Crippen MR) is 147 cm³/mol. The first-order chi connectivity index (χ1) is 17.8. The first kappa shape index (κ1) is 27.2. The molecule has 6 rings (SSSR count). The molecule has 204 valence electrons. The number of ether oxygens (including phenoxy) is 2. The molecule has 4 fully saturated rings. The minimum atomic E-state index is -0.860. The second-order valence-corrected chi connectivity index (χ2v) is 12.8. The van der Waals surface area contributed by atoms with Crippen LogP contribution in [0.2, 0.25) is 0 Å². The fraction of sp³-hybridized carbons (Fsp3) is 0.679. The number of methoxy groups -OCH3 is 1. The lowest BCUT2D eigenvalue weighted by molar-refractivity contribution is -0.118. The smallest absolute Gasteiger partial charge is 0.247 e. The van der Waals surface area contributed by atoms with Gasteiger partial charge >= 0.3 is 0 Å². The van der Waals surface area contributed by atoms with E-state index in [9.17, 15) is 20.1 Å². The van der Waals surface area contributed by atoms with Gasteiger partial charge in [-0.05, 0) is 114 Å². The highest BCUT2D eigenvalue weighted by atomic mass is 127. The molecule has 0 saturated heterocycles. The highest BCUT2D eigenvalue weighted by Crippen LogP contribution is 2.59. The summed E-state index contributed by atoms with van der Waals surface area (Å²) in [5.74, 6) is 3.21. The average molecular weight is 627 g/mol. The van der Waals surface area contributed by atoms with Crippen molar-refractivity contribution in [2.75, 3.05) is 26.8 Å². The number of amides is 1. The zero-order valence-electron chi connectivity index (χ0n) is 21.4. The highest BCUT2D eigenvalue weighted by Gasteiger charge is 2.51. The van der Waals surface area contributed by atoms with E-state index in [1.165, 1.54) is 45.6 Å². The minimum Gasteiger partial charge on any atom is -0.493 e. The van der Waals surface area contributed by atoms with Gasteiger partial charge in [0.25, 0.3) is 0 Å². The molecule has 5 aliphatic rings. The van der Waals surface area contributed by atoms with E-state index < -0.39 is 12.2 Å². The molecule has 0 radical (unpaired) electrons. The Labute approximate surface area is 232 Å². The van der Waals surface area contributed by atoms with E-state index in [0.29, 0.717) is 34.5 Å². The van der Waals surface area contributed by atoms with E-state index in [1.54, 1.807) is 12.1 Å². The molecule has 0 aliphatic heterocycles. The van der Waals surface area contributed by atoms with Crippen molar-refractivity contribution >= 4 is 28.5 Å². The fourth-order valence-corrected chi connectivity index (χ4v) is 8.46. The zero-order valence-corrected chi connectivity index (χ0v) is 23.6. The van der Waals surface area contributed by atoms with Crippen LogP contribution in [0.1, 0.15) is 50.5 Å². The van der Waals surface area contributed by atoms with Gasteiger partial charge in [-0.2, -0.15) is 0 Å². The molecule has 37 heavy (non-hydrogen) atoms. The summed E-state index contributed by atoms with van der Waals surface area (Å²) in [6, 6.07) is 3.20. The van der Waals surface area contributed by atoms with Crippen molar-refractivity contribution in [3.63, 3.8) is 0 Å². The van der Waals surface area contributed by atoms with Crippen LogP contribution in [0.15, 0.2) is 23.8 Å². The van der Waals surface area contributed by atoms with Crippen molar-refractivity contribution < 1.29 is 29.6 Å². The van der Waals surface area contributed by atoms with Crippen LogP contribution in [0, 0.1) is 26.7 Å². The van der Waals surface area contributed by atoms with Crippen LogP contribution in [0.25, 0.3) is 0 Å². The van der Waals surface area contributed by atoms with Crippen LogP contribution in [0.3, 0.4) is 0 Å². The van der Waals surface area contributed by atoms with E-state index in [4.69, 9.17) is 9.47 Å². The fourth-order valence-electron chi connectivity index (χ4n) is 7.67. The number of nitrogens with one attached hydrogen (secondary N) is 2. The number of carbonyl (C=O) groups is 1. The molecule has 3 unspecified atom stereocenters. The largest absolute Gasteiger partial charge is 0.493 e. The van der Waals surface area contributed by atoms with Crippen LogP contribution in [-0.2, 0) is 11.4 Å². The topological polar surface area (TPSA) is 120 Å². The van der Waals surface area contributed by atoms with Gasteiger partial charge in [0, 0.05) is 24.7 Å².